The monoisotopic (exact) mass is 238 g/mol. The van der Waals surface area contributed by atoms with E-state index in [0.29, 0.717) is 0 Å². The number of hydrogen-bond acceptors (Lipinski definition) is 0. The number of hydrogen-bond donors (Lipinski definition) is 0. The average molecular weight is 238 g/mol. The molecule has 0 heteroatoms. The molecule has 0 aliphatic carbocycles. The van der Waals surface area contributed by atoms with Gasteiger partial charge in [-0.15, -0.1) is 0 Å². The molecule has 0 N–H and O–H groups in total. The fourth-order valence-electron chi connectivity index (χ4n) is 1.93. The summed E-state index contributed by atoms with van der Waals surface area (Å²) in [5.74, 6) is 3.22. The van der Waals surface area contributed by atoms with Gasteiger partial charge in [-0.25, -0.2) is 0 Å². The molecule has 2 unspecified atom stereocenters. The molecule has 0 fully saturated rings. The van der Waals surface area contributed by atoms with Gasteiger partial charge in [0.15, 0.2) is 0 Å². The number of rotatable bonds is 8. The Bertz CT molecular complexity index is 210. The van der Waals surface area contributed by atoms with Gasteiger partial charge in [0.1, 0.15) is 0 Å². The predicted octanol–water partition coefficient (Wildman–Crippen LogP) is 6.08. The SMILES string of the molecule is CC(=CC(C)C(C)C)CCCCC(C)C(C)C. The molecule has 0 aliphatic heterocycles. The third-order valence-corrected chi connectivity index (χ3v) is 4.22. The summed E-state index contributed by atoms with van der Waals surface area (Å²) in [6.07, 6.45) is 7.91. The molecule has 0 amide bonds. The summed E-state index contributed by atoms with van der Waals surface area (Å²) in [5, 5.41) is 0. The lowest BCUT2D eigenvalue weighted by molar-refractivity contribution is 0.378. The summed E-state index contributed by atoms with van der Waals surface area (Å²) in [5.41, 5.74) is 1.59. The van der Waals surface area contributed by atoms with E-state index < -0.39 is 0 Å². The van der Waals surface area contributed by atoms with Crippen LogP contribution in [-0.4, -0.2) is 0 Å². The van der Waals surface area contributed by atoms with Crippen molar-refractivity contribution in [1.82, 2.24) is 0 Å². The highest BCUT2D eigenvalue weighted by atomic mass is 14.1. The van der Waals surface area contributed by atoms with Crippen LogP contribution < -0.4 is 0 Å². The van der Waals surface area contributed by atoms with Crippen LogP contribution in [0.25, 0.3) is 0 Å². The van der Waals surface area contributed by atoms with Gasteiger partial charge in [0.25, 0.3) is 0 Å². The molecule has 0 spiro atoms. The summed E-state index contributed by atoms with van der Waals surface area (Å²) in [7, 11) is 0. The molecule has 0 aromatic carbocycles. The molecule has 102 valence electrons. The second-order valence-electron chi connectivity index (χ2n) is 6.58. The zero-order valence-electron chi connectivity index (χ0n) is 13.2. The molecular formula is C17H34. The van der Waals surface area contributed by atoms with Crippen LogP contribution in [0.4, 0.5) is 0 Å². The van der Waals surface area contributed by atoms with Gasteiger partial charge in [0.2, 0.25) is 0 Å². The summed E-state index contributed by atoms with van der Waals surface area (Å²) in [6, 6.07) is 0. The van der Waals surface area contributed by atoms with E-state index >= 15 is 0 Å². The molecule has 0 aromatic rings. The fraction of sp³-hybridized carbons (Fsp3) is 0.882. The van der Waals surface area contributed by atoms with E-state index in [9.17, 15) is 0 Å². The molecule has 17 heavy (non-hydrogen) atoms. The zero-order valence-corrected chi connectivity index (χ0v) is 13.2. The van der Waals surface area contributed by atoms with Gasteiger partial charge in [-0.1, -0.05) is 66.0 Å². The highest BCUT2D eigenvalue weighted by Gasteiger charge is 2.07. The third-order valence-electron chi connectivity index (χ3n) is 4.22. The zero-order chi connectivity index (χ0) is 13.4. The van der Waals surface area contributed by atoms with Crippen LogP contribution in [0.15, 0.2) is 11.6 Å². The van der Waals surface area contributed by atoms with Crippen molar-refractivity contribution in [2.45, 2.75) is 74.1 Å². The van der Waals surface area contributed by atoms with E-state index in [-0.39, 0.29) is 0 Å². The third kappa shape index (κ3) is 8.46. The minimum atomic E-state index is 0.726. The van der Waals surface area contributed by atoms with Gasteiger partial charge in [-0.3, -0.25) is 0 Å². The van der Waals surface area contributed by atoms with Gasteiger partial charge in [-0.2, -0.15) is 0 Å². The second kappa shape index (κ2) is 8.78. The first-order valence-corrected chi connectivity index (χ1v) is 7.51. The van der Waals surface area contributed by atoms with Crippen molar-refractivity contribution in [3.63, 3.8) is 0 Å². The highest BCUT2D eigenvalue weighted by molar-refractivity contribution is 5.00. The molecule has 0 aliphatic rings. The van der Waals surface area contributed by atoms with Crippen molar-refractivity contribution in [3.8, 4) is 0 Å². The average Bonchev–Trinajstić information content (AvgIpc) is 2.23. The molecule has 0 radical (unpaired) electrons. The largest absolute Gasteiger partial charge is 0.0825 e. The fourth-order valence-corrected chi connectivity index (χ4v) is 1.93. The van der Waals surface area contributed by atoms with Gasteiger partial charge in [-0.05, 0) is 43.4 Å². The molecule has 0 nitrogen and oxygen atoms in total. The van der Waals surface area contributed by atoms with Gasteiger partial charge in [0, 0.05) is 0 Å². The normalized spacial score (nSPS) is 16.6. The predicted molar refractivity (Wildman–Crippen MR) is 80.2 cm³/mol. The molecule has 0 rings (SSSR count). The molecular weight excluding hydrogens is 204 g/mol. The minimum Gasteiger partial charge on any atom is -0.0825 e. The Hall–Kier alpha value is -0.260. The van der Waals surface area contributed by atoms with E-state index in [1.807, 2.05) is 0 Å². The van der Waals surface area contributed by atoms with Crippen LogP contribution in [0.2, 0.25) is 0 Å². The second-order valence-corrected chi connectivity index (χ2v) is 6.58. The van der Waals surface area contributed by atoms with E-state index in [0.717, 1.165) is 23.7 Å². The Morgan fingerprint density at radius 3 is 1.94 bits per heavy atom. The summed E-state index contributed by atoms with van der Waals surface area (Å²) in [4.78, 5) is 0. The first kappa shape index (κ1) is 16.7. The summed E-state index contributed by atoms with van der Waals surface area (Å²) in [6.45, 7) is 16.3. The summed E-state index contributed by atoms with van der Waals surface area (Å²) < 4.78 is 0. The lowest BCUT2D eigenvalue weighted by Crippen LogP contribution is -2.03. The van der Waals surface area contributed by atoms with E-state index in [4.69, 9.17) is 0 Å². The van der Waals surface area contributed by atoms with Gasteiger partial charge in [0.05, 0.1) is 0 Å². The van der Waals surface area contributed by atoms with Gasteiger partial charge < -0.3 is 0 Å². The van der Waals surface area contributed by atoms with E-state index in [1.165, 1.54) is 25.7 Å². The first-order valence-electron chi connectivity index (χ1n) is 7.51. The smallest absolute Gasteiger partial charge is 0.0236 e. The van der Waals surface area contributed by atoms with E-state index in [2.05, 4.69) is 54.5 Å². The Morgan fingerprint density at radius 1 is 0.882 bits per heavy atom. The van der Waals surface area contributed by atoms with Crippen LogP contribution in [0.5, 0.6) is 0 Å². The molecule has 0 aromatic heterocycles. The molecule has 0 saturated heterocycles. The van der Waals surface area contributed by atoms with Crippen molar-refractivity contribution in [1.29, 1.82) is 0 Å². The van der Waals surface area contributed by atoms with Crippen molar-refractivity contribution in [3.05, 3.63) is 11.6 Å². The topological polar surface area (TPSA) is 0 Å². The maximum Gasteiger partial charge on any atom is -0.0236 e. The Kier molecular flexibility index (Phi) is 8.64. The standard InChI is InChI=1S/C17H34/c1-13(2)16(6)11-9-8-10-15(5)12-17(7)14(3)4/h12-14,16-17H,8-11H2,1-7H3. The van der Waals surface area contributed by atoms with Crippen molar-refractivity contribution < 1.29 is 0 Å². The number of allylic oxidation sites excluding steroid dienone is 2. The van der Waals surface area contributed by atoms with Crippen LogP contribution in [0, 0.1) is 23.7 Å². The maximum atomic E-state index is 2.47. The Morgan fingerprint density at radius 2 is 1.47 bits per heavy atom. The van der Waals surface area contributed by atoms with Crippen molar-refractivity contribution in [2.24, 2.45) is 23.7 Å². The quantitative estimate of drug-likeness (QED) is 0.355. The summed E-state index contributed by atoms with van der Waals surface area (Å²) >= 11 is 0. The molecule has 0 heterocycles. The minimum absolute atomic E-state index is 0.726. The highest BCUT2D eigenvalue weighted by Crippen LogP contribution is 2.20. The molecule has 0 bridgehead atoms. The van der Waals surface area contributed by atoms with Crippen LogP contribution >= 0.6 is 0 Å². The van der Waals surface area contributed by atoms with Crippen molar-refractivity contribution >= 4 is 0 Å². The number of unbranched alkanes of at least 4 members (excludes halogenated alkanes) is 1. The van der Waals surface area contributed by atoms with E-state index in [1.54, 1.807) is 5.57 Å². The lowest BCUT2D eigenvalue weighted by Gasteiger charge is -2.15. The van der Waals surface area contributed by atoms with Crippen LogP contribution in [0.3, 0.4) is 0 Å². The Balaban J connectivity index is 3.75. The Labute approximate surface area is 110 Å². The maximum absolute atomic E-state index is 2.47. The van der Waals surface area contributed by atoms with Gasteiger partial charge >= 0.3 is 0 Å². The van der Waals surface area contributed by atoms with Crippen molar-refractivity contribution in [2.75, 3.05) is 0 Å². The van der Waals surface area contributed by atoms with Crippen LogP contribution in [-0.2, 0) is 0 Å². The molecule has 2 atom stereocenters. The molecule has 0 saturated carbocycles. The lowest BCUT2D eigenvalue weighted by atomic mass is 9.91. The first-order chi connectivity index (χ1) is 7.84. The van der Waals surface area contributed by atoms with Crippen LogP contribution in [0.1, 0.15) is 74.1 Å².